The van der Waals surface area contributed by atoms with Gasteiger partial charge < -0.3 is 49.5 Å². The summed E-state index contributed by atoms with van der Waals surface area (Å²) in [6.45, 7) is 7.12. The smallest absolute Gasteiger partial charge is 0.342 e. The Balaban J connectivity index is 1.69. The first-order valence-electron chi connectivity index (χ1n) is 13.1. The molecule has 0 unspecified atom stereocenters. The number of carbonyl (C=O) groups excluding carboxylic acids is 1. The van der Waals surface area contributed by atoms with E-state index in [2.05, 4.69) is 22.1 Å². The highest BCUT2D eigenvalue weighted by Crippen LogP contribution is 2.58. The summed E-state index contributed by atoms with van der Waals surface area (Å²) in [5.74, 6) is -8.14. The van der Waals surface area contributed by atoms with Crippen LogP contribution in [0.25, 0.3) is 0 Å². The maximum absolute atomic E-state index is 12.6. The van der Waals surface area contributed by atoms with Crippen molar-refractivity contribution in [2.24, 2.45) is 5.92 Å². The van der Waals surface area contributed by atoms with E-state index in [0.29, 0.717) is 12.0 Å². The molecule has 15 nitrogen and oxygen atoms in total. The van der Waals surface area contributed by atoms with E-state index >= 15 is 0 Å². The highest BCUT2D eigenvalue weighted by molar-refractivity contribution is 5.93. The highest BCUT2D eigenvalue weighted by atomic mass is 16.8. The number of esters is 1. The number of ether oxygens (including phenoxy) is 3. The van der Waals surface area contributed by atoms with Crippen LogP contribution in [-0.4, -0.2) is 96.0 Å². The van der Waals surface area contributed by atoms with E-state index in [-0.39, 0.29) is 18.4 Å². The Kier molecular flexibility index (Phi) is 8.44. The number of aromatic nitrogens is 2. The summed E-state index contributed by atoms with van der Waals surface area (Å²) in [6.07, 6.45) is -7.70. The van der Waals surface area contributed by atoms with Crippen LogP contribution in [0.4, 0.5) is 6.01 Å². The van der Waals surface area contributed by atoms with Gasteiger partial charge >= 0.3 is 23.9 Å². The second-order valence-electron chi connectivity index (χ2n) is 10.5. The minimum Gasteiger partial charge on any atom is -0.479 e. The molecule has 0 aliphatic carbocycles. The average Bonchev–Trinajstić information content (AvgIpc) is 3.50. The van der Waals surface area contributed by atoms with E-state index in [0.717, 1.165) is 5.56 Å². The Morgan fingerprint density at radius 1 is 1.12 bits per heavy atom. The fourth-order valence-corrected chi connectivity index (χ4v) is 5.62. The van der Waals surface area contributed by atoms with Crippen LogP contribution in [0.3, 0.4) is 0 Å². The van der Waals surface area contributed by atoms with Crippen LogP contribution < -0.4 is 5.32 Å². The molecule has 2 aliphatic heterocycles. The molecule has 15 heteroatoms. The second-order valence-corrected chi connectivity index (χ2v) is 10.5. The van der Waals surface area contributed by atoms with Crippen LogP contribution in [-0.2, 0) is 35.0 Å². The molecule has 1 aromatic carbocycles. The number of fused-ring (bicyclic) bond motifs is 2. The van der Waals surface area contributed by atoms with Gasteiger partial charge in [0.05, 0.1) is 0 Å². The Hall–Kier alpha value is -3.89. The summed E-state index contributed by atoms with van der Waals surface area (Å²) in [5, 5.41) is 63.5. The number of carboxylic acid groups (broad SMARTS) is 2. The summed E-state index contributed by atoms with van der Waals surface area (Å²) in [5.41, 5.74) is -5.55. The monoisotopic (exact) mass is 591 g/mol. The maximum Gasteiger partial charge on any atom is 0.342 e. The van der Waals surface area contributed by atoms with Crippen LogP contribution in [0.5, 0.6) is 0 Å². The zero-order valence-corrected chi connectivity index (χ0v) is 23.1. The van der Waals surface area contributed by atoms with Gasteiger partial charge in [0, 0.05) is 26.3 Å². The van der Waals surface area contributed by atoms with Crippen LogP contribution in [0.1, 0.15) is 44.2 Å². The lowest BCUT2D eigenvalue weighted by atomic mass is 9.74. The van der Waals surface area contributed by atoms with Crippen molar-refractivity contribution in [1.29, 1.82) is 0 Å². The molecular formula is C27H33N3O12. The van der Waals surface area contributed by atoms with Gasteiger partial charge in [0.2, 0.25) is 11.2 Å². The van der Waals surface area contributed by atoms with Crippen LogP contribution >= 0.6 is 0 Å². The third kappa shape index (κ3) is 4.92. The number of carbonyl (C=O) groups is 3. The van der Waals surface area contributed by atoms with E-state index < -0.39 is 71.6 Å². The number of benzene rings is 1. The molecule has 0 radical (unpaired) electrons. The zero-order chi connectivity index (χ0) is 31.0. The summed E-state index contributed by atoms with van der Waals surface area (Å²) in [4.78, 5) is 37.0. The molecular weight excluding hydrogens is 558 g/mol. The predicted molar refractivity (Wildman–Crippen MR) is 140 cm³/mol. The van der Waals surface area contributed by atoms with E-state index in [1.54, 1.807) is 0 Å². The molecule has 2 bridgehead atoms. The normalized spacial score (nSPS) is 31.6. The SMILES string of the molecule is C=C(CC[C@]12O[C@H](c3nnc(NC)o3)[C@@](O)(C(=O)O)[C@](C(=O)O)(O1)[C@H](O)[C@H]2O)[C@@H](OC(C)=O)[C@H](C)Cc1ccccc1. The van der Waals surface area contributed by atoms with Crippen molar-refractivity contribution in [2.45, 2.75) is 74.5 Å². The fourth-order valence-electron chi connectivity index (χ4n) is 5.62. The van der Waals surface area contributed by atoms with Crippen molar-refractivity contribution < 1.29 is 58.5 Å². The van der Waals surface area contributed by atoms with Gasteiger partial charge in [-0.1, -0.05) is 48.9 Å². The predicted octanol–water partition coefficient (Wildman–Crippen LogP) is 0.417. The van der Waals surface area contributed by atoms with E-state index in [1.165, 1.54) is 14.0 Å². The molecule has 2 fully saturated rings. The molecule has 4 rings (SSSR count). The quantitative estimate of drug-likeness (QED) is 0.145. The number of aliphatic carboxylic acids is 2. The number of hydrogen-bond acceptors (Lipinski definition) is 13. The van der Waals surface area contributed by atoms with Crippen molar-refractivity contribution in [3.63, 3.8) is 0 Å². The number of aliphatic hydroxyl groups excluding tert-OH is 2. The van der Waals surface area contributed by atoms with Crippen LogP contribution in [0, 0.1) is 5.92 Å². The number of nitrogens with one attached hydrogen (secondary N) is 1. The molecule has 2 saturated heterocycles. The lowest BCUT2D eigenvalue weighted by Crippen LogP contribution is -2.73. The van der Waals surface area contributed by atoms with Crippen molar-refractivity contribution in [3.8, 4) is 0 Å². The molecule has 1 aromatic heterocycles. The average molecular weight is 592 g/mol. The summed E-state index contributed by atoms with van der Waals surface area (Å²) < 4.78 is 22.3. The first-order valence-corrected chi connectivity index (χ1v) is 13.1. The molecule has 3 heterocycles. The van der Waals surface area contributed by atoms with Gasteiger partial charge in [0.1, 0.15) is 18.3 Å². The van der Waals surface area contributed by atoms with Gasteiger partial charge in [-0.2, -0.15) is 0 Å². The Bertz CT molecular complexity index is 1350. The molecule has 6 N–H and O–H groups in total. The standard InChI is InChI=1S/C27H33N3O12/c1-13(17(39-15(3)31)14(2)12-16-8-6-5-7-9-16)10-11-25-18(32)19(33)27(42-25,23(36)37)26(38,22(34)35)20(41-25)21-29-30-24(28-4)40-21/h5-9,14,17-20,32-33,38H,1,10-12H2,2-4H3,(H,28,30)(H,34,35)(H,36,37)/t14-,17-,18-,19-,20-,25+,26-,27+/m1/s1. The number of rotatable bonds is 12. The zero-order valence-electron chi connectivity index (χ0n) is 23.1. The molecule has 42 heavy (non-hydrogen) atoms. The summed E-state index contributed by atoms with van der Waals surface area (Å²) in [7, 11) is 1.41. The Morgan fingerprint density at radius 3 is 2.33 bits per heavy atom. The summed E-state index contributed by atoms with van der Waals surface area (Å²) in [6, 6.07) is 9.21. The second kappa shape index (κ2) is 11.4. The van der Waals surface area contributed by atoms with Crippen LogP contribution in [0.2, 0.25) is 0 Å². The number of hydrogen-bond donors (Lipinski definition) is 6. The molecule has 8 atom stereocenters. The Morgan fingerprint density at radius 2 is 1.79 bits per heavy atom. The first-order chi connectivity index (χ1) is 19.7. The lowest BCUT2D eigenvalue weighted by molar-refractivity contribution is -0.385. The van der Waals surface area contributed by atoms with Crippen molar-refractivity contribution in [3.05, 3.63) is 53.9 Å². The molecule has 2 aromatic rings. The third-order valence-electron chi connectivity index (χ3n) is 7.69. The highest BCUT2D eigenvalue weighted by Gasteiger charge is 2.84. The van der Waals surface area contributed by atoms with Gasteiger partial charge in [0.25, 0.3) is 5.89 Å². The van der Waals surface area contributed by atoms with Crippen molar-refractivity contribution in [1.82, 2.24) is 10.2 Å². The summed E-state index contributed by atoms with van der Waals surface area (Å²) >= 11 is 0. The maximum atomic E-state index is 12.6. The van der Waals surface area contributed by atoms with E-state index in [4.69, 9.17) is 18.6 Å². The molecule has 2 aliphatic rings. The van der Waals surface area contributed by atoms with Gasteiger partial charge in [-0.3, -0.25) is 4.79 Å². The third-order valence-corrected chi connectivity index (χ3v) is 7.69. The molecule has 0 spiro atoms. The molecule has 0 amide bonds. The number of nitrogens with zero attached hydrogens (tertiary/aromatic N) is 2. The van der Waals surface area contributed by atoms with Crippen molar-refractivity contribution in [2.75, 3.05) is 12.4 Å². The first kappa shape index (κ1) is 31.1. The van der Waals surface area contributed by atoms with E-state index in [9.17, 15) is 39.9 Å². The van der Waals surface area contributed by atoms with E-state index in [1.807, 2.05) is 37.3 Å². The minimum absolute atomic E-state index is 0.111. The molecule has 228 valence electrons. The lowest BCUT2D eigenvalue weighted by Gasteiger charge is -2.49. The van der Waals surface area contributed by atoms with Crippen LogP contribution in [0.15, 0.2) is 46.9 Å². The van der Waals surface area contributed by atoms with Gasteiger partial charge in [-0.25, -0.2) is 9.59 Å². The van der Waals surface area contributed by atoms with Gasteiger partial charge in [-0.05, 0) is 24.0 Å². The van der Waals surface area contributed by atoms with Gasteiger partial charge in [0.15, 0.2) is 11.9 Å². The molecule has 0 saturated carbocycles. The number of aliphatic hydroxyl groups is 3. The Labute approximate surface area is 239 Å². The largest absolute Gasteiger partial charge is 0.479 e. The minimum atomic E-state index is -3.54. The number of carboxylic acids is 2. The topological polar surface area (TPSA) is 231 Å². The van der Waals surface area contributed by atoms with Crippen molar-refractivity contribution >= 4 is 23.9 Å². The van der Waals surface area contributed by atoms with Gasteiger partial charge in [-0.15, -0.1) is 5.10 Å². The number of anilines is 1. The fraction of sp³-hybridized carbons (Fsp3) is 0.519.